The summed E-state index contributed by atoms with van der Waals surface area (Å²) in [5.74, 6) is -0.380. The van der Waals surface area contributed by atoms with Crippen LogP contribution < -0.4 is 5.32 Å². The highest BCUT2D eigenvalue weighted by Gasteiger charge is 2.19. The molecule has 0 aromatic heterocycles. The fourth-order valence-electron chi connectivity index (χ4n) is 1.97. The molecule has 1 rings (SSSR count). The Labute approximate surface area is 108 Å². The van der Waals surface area contributed by atoms with E-state index in [-0.39, 0.29) is 11.2 Å². The van der Waals surface area contributed by atoms with Crippen LogP contribution in [0.3, 0.4) is 0 Å². The third-order valence-corrected chi connectivity index (χ3v) is 2.60. The fraction of sp³-hybridized carbons (Fsp3) is 0.500. The van der Waals surface area contributed by atoms with E-state index in [1.807, 2.05) is 20.2 Å². The first-order valence-electron chi connectivity index (χ1n) is 5.92. The van der Waals surface area contributed by atoms with Crippen LogP contribution in [0.4, 0.5) is 10.1 Å². The van der Waals surface area contributed by atoms with Crippen LogP contribution in [-0.4, -0.2) is 32.1 Å². The number of nitriles is 1. The predicted molar refractivity (Wildman–Crippen MR) is 71.9 cm³/mol. The summed E-state index contributed by atoms with van der Waals surface area (Å²) in [7, 11) is 4.04. The lowest BCUT2D eigenvalue weighted by Gasteiger charge is -2.29. The van der Waals surface area contributed by atoms with Gasteiger partial charge in [-0.05, 0) is 37.7 Å². The van der Waals surface area contributed by atoms with Gasteiger partial charge in [-0.15, -0.1) is 0 Å². The number of halogens is 1. The van der Waals surface area contributed by atoms with Crippen LogP contribution in [0, 0.1) is 22.6 Å². The summed E-state index contributed by atoms with van der Waals surface area (Å²) in [4.78, 5) is 2.11. The molecule has 0 unspecified atom stereocenters. The Bertz CT molecular complexity index is 447. The lowest BCUT2D eigenvalue weighted by Crippen LogP contribution is -2.34. The Morgan fingerprint density at radius 2 is 2.06 bits per heavy atom. The third-order valence-electron chi connectivity index (χ3n) is 2.60. The van der Waals surface area contributed by atoms with E-state index in [4.69, 9.17) is 5.26 Å². The van der Waals surface area contributed by atoms with Crippen LogP contribution in [0.2, 0.25) is 0 Å². The van der Waals surface area contributed by atoms with Crippen molar-refractivity contribution in [2.24, 2.45) is 5.41 Å². The SMILES string of the molecule is CN(C)CC(C)(C)CNc1ccc(C#N)cc1F. The molecule has 3 nitrogen and oxygen atoms in total. The number of nitrogens with one attached hydrogen (secondary N) is 1. The highest BCUT2D eigenvalue weighted by molar-refractivity contribution is 5.48. The molecule has 0 heterocycles. The highest BCUT2D eigenvalue weighted by atomic mass is 19.1. The number of benzene rings is 1. The summed E-state index contributed by atoms with van der Waals surface area (Å²) in [6.07, 6.45) is 0. The standard InChI is InChI=1S/C14H20FN3/c1-14(2,10-18(3)4)9-17-13-6-5-11(8-16)7-12(13)15/h5-7,17H,9-10H2,1-4H3. The number of hydrogen-bond acceptors (Lipinski definition) is 3. The van der Waals surface area contributed by atoms with E-state index < -0.39 is 0 Å². The quantitative estimate of drug-likeness (QED) is 0.872. The zero-order chi connectivity index (χ0) is 13.8. The van der Waals surface area contributed by atoms with Gasteiger partial charge < -0.3 is 10.2 Å². The number of nitrogens with zero attached hydrogens (tertiary/aromatic N) is 2. The van der Waals surface area contributed by atoms with Crippen LogP contribution in [0.5, 0.6) is 0 Å². The molecule has 1 aromatic rings. The Hall–Kier alpha value is -1.60. The minimum Gasteiger partial charge on any atom is -0.382 e. The van der Waals surface area contributed by atoms with Gasteiger partial charge in [-0.2, -0.15) is 5.26 Å². The van der Waals surface area contributed by atoms with Gasteiger partial charge in [-0.3, -0.25) is 0 Å². The summed E-state index contributed by atoms with van der Waals surface area (Å²) in [6.45, 7) is 5.84. The van der Waals surface area contributed by atoms with Gasteiger partial charge in [0.2, 0.25) is 0 Å². The van der Waals surface area contributed by atoms with E-state index in [1.54, 1.807) is 12.1 Å². The first-order chi connectivity index (χ1) is 8.34. The molecule has 4 heteroatoms. The van der Waals surface area contributed by atoms with E-state index in [0.29, 0.717) is 17.8 Å². The summed E-state index contributed by atoms with van der Waals surface area (Å²) < 4.78 is 13.7. The van der Waals surface area contributed by atoms with Crippen LogP contribution in [0.1, 0.15) is 19.4 Å². The summed E-state index contributed by atoms with van der Waals surface area (Å²) in [5.41, 5.74) is 0.829. The smallest absolute Gasteiger partial charge is 0.147 e. The molecule has 0 amide bonds. The van der Waals surface area contributed by atoms with Crippen LogP contribution in [-0.2, 0) is 0 Å². The molecule has 0 saturated carbocycles. The topological polar surface area (TPSA) is 39.1 Å². The average Bonchev–Trinajstić information content (AvgIpc) is 2.25. The van der Waals surface area contributed by atoms with E-state index in [0.717, 1.165) is 6.54 Å². The maximum absolute atomic E-state index is 13.7. The Balaban J connectivity index is 2.67. The van der Waals surface area contributed by atoms with Crippen molar-refractivity contribution in [1.29, 1.82) is 5.26 Å². The second kappa shape index (κ2) is 5.83. The van der Waals surface area contributed by atoms with Crippen molar-refractivity contribution >= 4 is 5.69 Å². The van der Waals surface area contributed by atoms with Gasteiger partial charge in [0, 0.05) is 13.1 Å². The number of anilines is 1. The van der Waals surface area contributed by atoms with Crippen molar-refractivity contribution in [3.8, 4) is 6.07 Å². The first-order valence-corrected chi connectivity index (χ1v) is 5.92. The van der Waals surface area contributed by atoms with Crippen molar-refractivity contribution in [1.82, 2.24) is 4.90 Å². The molecule has 1 aromatic carbocycles. The largest absolute Gasteiger partial charge is 0.382 e. The Morgan fingerprint density at radius 3 is 2.56 bits per heavy atom. The average molecular weight is 249 g/mol. The number of hydrogen-bond donors (Lipinski definition) is 1. The molecule has 0 aliphatic heterocycles. The van der Waals surface area contributed by atoms with E-state index in [2.05, 4.69) is 24.1 Å². The van der Waals surface area contributed by atoms with Gasteiger partial charge in [-0.1, -0.05) is 13.8 Å². The van der Waals surface area contributed by atoms with Gasteiger partial charge in [0.15, 0.2) is 0 Å². The third kappa shape index (κ3) is 4.34. The van der Waals surface area contributed by atoms with E-state index >= 15 is 0 Å². The van der Waals surface area contributed by atoms with Gasteiger partial charge in [0.05, 0.1) is 17.3 Å². The normalized spacial score (nSPS) is 11.4. The maximum Gasteiger partial charge on any atom is 0.147 e. The highest BCUT2D eigenvalue weighted by Crippen LogP contribution is 2.20. The van der Waals surface area contributed by atoms with Crippen molar-refractivity contribution in [3.63, 3.8) is 0 Å². The molecule has 0 aliphatic rings. The second-order valence-corrected chi connectivity index (χ2v) is 5.56. The second-order valence-electron chi connectivity index (χ2n) is 5.56. The van der Waals surface area contributed by atoms with Gasteiger partial charge >= 0.3 is 0 Å². The van der Waals surface area contributed by atoms with E-state index in [1.165, 1.54) is 6.07 Å². The van der Waals surface area contributed by atoms with Crippen LogP contribution in [0.25, 0.3) is 0 Å². The minimum atomic E-state index is -0.380. The van der Waals surface area contributed by atoms with Gasteiger partial charge in [0.1, 0.15) is 5.82 Å². The van der Waals surface area contributed by atoms with Crippen LogP contribution >= 0.6 is 0 Å². The summed E-state index contributed by atoms with van der Waals surface area (Å²) in [6, 6.07) is 6.40. The first kappa shape index (κ1) is 14.5. The molecule has 0 atom stereocenters. The molecular formula is C14H20FN3. The molecule has 98 valence electrons. The van der Waals surface area contributed by atoms with Crippen molar-refractivity contribution < 1.29 is 4.39 Å². The number of rotatable bonds is 5. The Morgan fingerprint density at radius 1 is 1.39 bits per heavy atom. The van der Waals surface area contributed by atoms with Crippen molar-refractivity contribution in [2.45, 2.75) is 13.8 Å². The zero-order valence-electron chi connectivity index (χ0n) is 11.4. The van der Waals surface area contributed by atoms with Crippen molar-refractivity contribution in [2.75, 3.05) is 32.5 Å². The van der Waals surface area contributed by atoms with Gasteiger partial charge in [-0.25, -0.2) is 4.39 Å². The molecule has 0 radical (unpaired) electrons. The lowest BCUT2D eigenvalue weighted by molar-refractivity contribution is 0.254. The summed E-state index contributed by atoms with van der Waals surface area (Å²) in [5, 5.41) is 11.8. The van der Waals surface area contributed by atoms with Crippen molar-refractivity contribution in [3.05, 3.63) is 29.6 Å². The van der Waals surface area contributed by atoms with Crippen LogP contribution in [0.15, 0.2) is 18.2 Å². The molecule has 18 heavy (non-hydrogen) atoms. The molecule has 1 N–H and O–H groups in total. The Kier molecular flexibility index (Phi) is 4.69. The summed E-state index contributed by atoms with van der Waals surface area (Å²) >= 11 is 0. The monoisotopic (exact) mass is 249 g/mol. The molecule has 0 aliphatic carbocycles. The minimum absolute atomic E-state index is 0.0455. The molecule has 0 fully saturated rings. The van der Waals surface area contributed by atoms with E-state index in [9.17, 15) is 4.39 Å². The molecular weight excluding hydrogens is 229 g/mol. The maximum atomic E-state index is 13.7. The van der Waals surface area contributed by atoms with Gasteiger partial charge in [0.25, 0.3) is 0 Å². The lowest BCUT2D eigenvalue weighted by atomic mass is 9.93. The molecule has 0 bridgehead atoms. The molecule has 0 saturated heterocycles. The zero-order valence-corrected chi connectivity index (χ0v) is 11.4. The molecule has 0 spiro atoms. The fourth-order valence-corrected chi connectivity index (χ4v) is 1.97. The predicted octanol–water partition coefficient (Wildman–Crippen LogP) is 2.70.